The van der Waals surface area contributed by atoms with E-state index in [1.54, 1.807) is 6.20 Å². The topological polar surface area (TPSA) is 83.7 Å². The molecule has 2 aromatic rings. The zero-order valence-electron chi connectivity index (χ0n) is 11.5. The van der Waals surface area contributed by atoms with Crippen LogP contribution >= 0.6 is 0 Å². The summed E-state index contributed by atoms with van der Waals surface area (Å²) < 4.78 is 0. The number of aromatic amines is 1. The molecule has 0 spiro atoms. The molecule has 0 amide bonds. The highest BCUT2D eigenvalue weighted by Crippen LogP contribution is 2.30. The third-order valence-electron chi connectivity index (χ3n) is 3.48. The molecule has 0 aliphatic heterocycles. The smallest absolute Gasteiger partial charge is 0.224 e. The molecule has 0 saturated heterocycles. The van der Waals surface area contributed by atoms with Gasteiger partial charge in [-0.3, -0.25) is 5.10 Å². The number of H-pyrrole nitrogens is 1. The lowest BCUT2D eigenvalue weighted by atomic mass is 9.87. The molecular weight excluding hydrogens is 228 g/mol. The Morgan fingerprint density at radius 2 is 2.00 bits per heavy atom. The Morgan fingerprint density at radius 1 is 1.33 bits per heavy atom. The number of aromatic nitrogens is 4. The number of nitrogens with two attached hydrogens (primary N) is 1. The van der Waals surface area contributed by atoms with Crippen LogP contribution in [0.3, 0.4) is 0 Å². The second kappa shape index (κ2) is 4.12. The van der Waals surface area contributed by atoms with Gasteiger partial charge in [-0.15, -0.1) is 0 Å². The fraction of sp³-hybridized carbons (Fsp3) is 0.583. The lowest BCUT2D eigenvalue weighted by molar-refractivity contribution is 0.329. The standard InChI is InChI=1S/C12H20N6/c1-7(12(2,3)4)18(5)10-8-6-14-17-9(8)15-11(13)16-10/h6-7H,1-5H3,(H3,13,14,15,16,17). The van der Waals surface area contributed by atoms with Gasteiger partial charge in [-0.05, 0) is 12.3 Å². The molecule has 0 fully saturated rings. The Labute approximate surface area is 107 Å². The molecule has 0 bridgehead atoms. The third-order valence-corrected chi connectivity index (χ3v) is 3.48. The molecule has 6 nitrogen and oxygen atoms in total. The Morgan fingerprint density at radius 3 is 2.61 bits per heavy atom. The van der Waals surface area contributed by atoms with E-state index in [0.717, 1.165) is 11.2 Å². The summed E-state index contributed by atoms with van der Waals surface area (Å²) in [5.74, 6) is 1.07. The number of hydrogen-bond acceptors (Lipinski definition) is 5. The highest BCUT2D eigenvalue weighted by atomic mass is 15.2. The minimum Gasteiger partial charge on any atom is -0.368 e. The van der Waals surface area contributed by atoms with Crippen LogP contribution in [0.1, 0.15) is 27.7 Å². The number of fused-ring (bicyclic) bond motifs is 1. The average molecular weight is 248 g/mol. The molecule has 0 saturated carbocycles. The van der Waals surface area contributed by atoms with Gasteiger partial charge in [-0.1, -0.05) is 20.8 Å². The maximum absolute atomic E-state index is 5.73. The Hall–Kier alpha value is -1.85. The normalized spacial score (nSPS) is 13.8. The number of anilines is 2. The van der Waals surface area contributed by atoms with Gasteiger partial charge in [0.05, 0.1) is 11.6 Å². The van der Waals surface area contributed by atoms with Crippen molar-refractivity contribution in [2.75, 3.05) is 17.7 Å². The minimum absolute atomic E-state index is 0.143. The molecule has 2 aromatic heterocycles. The molecule has 1 unspecified atom stereocenters. The molecular formula is C12H20N6. The highest BCUT2D eigenvalue weighted by molar-refractivity contribution is 5.87. The largest absolute Gasteiger partial charge is 0.368 e. The summed E-state index contributed by atoms with van der Waals surface area (Å²) in [6.45, 7) is 8.77. The molecule has 18 heavy (non-hydrogen) atoms. The summed E-state index contributed by atoms with van der Waals surface area (Å²) in [5.41, 5.74) is 6.55. The number of nitrogen functional groups attached to an aromatic ring is 1. The molecule has 0 aromatic carbocycles. The molecule has 1 atom stereocenters. The summed E-state index contributed by atoms with van der Waals surface area (Å²) in [5, 5.41) is 7.71. The predicted octanol–water partition coefficient (Wildman–Crippen LogP) is 1.81. The van der Waals surface area contributed by atoms with E-state index >= 15 is 0 Å². The molecule has 2 heterocycles. The van der Waals surface area contributed by atoms with E-state index in [0.29, 0.717) is 11.7 Å². The first-order chi connectivity index (χ1) is 8.30. The monoisotopic (exact) mass is 248 g/mol. The van der Waals surface area contributed by atoms with Crippen molar-refractivity contribution in [3.05, 3.63) is 6.20 Å². The molecule has 98 valence electrons. The van der Waals surface area contributed by atoms with Gasteiger partial charge in [-0.25, -0.2) is 0 Å². The van der Waals surface area contributed by atoms with Crippen LogP contribution in [0.15, 0.2) is 6.20 Å². The van der Waals surface area contributed by atoms with Gasteiger partial charge in [0.1, 0.15) is 5.82 Å². The summed E-state index contributed by atoms with van der Waals surface area (Å²) >= 11 is 0. The van der Waals surface area contributed by atoms with E-state index in [9.17, 15) is 0 Å². The zero-order valence-corrected chi connectivity index (χ0v) is 11.5. The van der Waals surface area contributed by atoms with Crippen molar-refractivity contribution in [3.63, 3.8) is 0 Å². The van der Waals surface area contributed by atoms with E-state index in [1.807, 2.05) is 7.05 Å². The second-order valence-electron chi connectivity index (χ2n) is 5.69. The van der Waals surface area contributed by atoms with Crippen molar-refractivity contribution in [2.45, 2.75) is 33.7 Å². The average Bonchev–Trinajstić information content (AvgIpc) is 2.72. The van der Waals surface area contributed by atoms with Gasteiger partial charge >= 0.3 is 0 Å². The van der Waals surface area contributed by atoms with Gasteiger partial charge in [0.15, 0.2) is 5.65 Å². The summed E-state index contributed by atoms with van der Waals surface area (Å²) in [4.78, 5) is 10.6. The van der Waals surface area contributed by atoms with E-state index < -0.39 is 0 Å². The van der Waals surface area contributed by atoms with Crippen LogP contribution in [0.5, 0.6) is 0 Å². The van der Waals surface area contributed by atoms with Crippen molar-refractivity contribution < 1.29 is 0 Å². The lowest BCUT2D eigenvalue weighted by Gasteiger charge is -2.36. The Balaban J connectivity index is 2.50. The fourth-order valence-corrected chi connectivity index (χ4v) is 1.87. The van der Waals surface area contributed by atoms with Gasteiger partial charge in [-0.2, -0.15) is 15.1 Å². The molecule has 0 radical (unpaired) electrons. The van der Waals surface area contributed by atoms with Crippen molar-refractivity contribution in [3.8, 4) is 0 Å². The van der Waals surface area contributed by atoms with Crippen LogP contribution in [0.4, 0.5) is 11.8 Å². The van der Waals surface area contributed by atoms with Gasteiger partial charge in [0.25, 0.3) is 0 Å². The number of nitrogens with one attached hydrogen (secondary N) is 1. The number of rotatable bonds is 2. The third kappa shape index (κ3) is 2.10. The minimum atomic E-state index is 0.143. The summed E-state index contributed by atoms with van der Waals surface area (Å²) in [6.07, 6.45) is 1.73. The highest BCUT2D eigenvalue weighted by Gasteiger charge is 2.26. The predicted molar refractivity (Wildman–Crippen MR) is 73.4 cm³/mol. The zero-order chi connectivity index (χ0) is 13.5. The molecule has 2 rings (SSSR count). The summed E-state index contributed by atoms with van der Waals surface area (Å²) in [7, 11) is 2.02. The van der Waals surface area contributed by atoms with Crippen LogP contribution in [0.2, 0.25) is 0 Å². The first-order valence-corrected chi connectivity index (χ1v) is 6.00. The Kier molecular flexibility index (Phi) is 2.88. The van der Waals surface area contributed by atoms with E-state index in [-0.39, 0.29) is 11.4 Å². The maximum atomic E-state index is 5.73. The molecule has 0 aliphatic carbocycles. The molecule has 3 N–H and O–H groups in total. The fourth-order valence-electron chi connectivity index (χ4n) is 1.87. The maximum Gasteiger partial charge on any atom is 0.224 e. The van der Waals surface area contributed by atoms with Crippen LogP contribution < -0.4 is 10.6 Å². The second-order valence-corrected chi connectivity index (χ2v) is 5.69. The van der Waals surface area contributed by atoms with E-state index in [2.05, 4.69) is 52.8 Å². The van der Waals surface area contributed by atoms with E-state index in [4.69, 9.17) is 5.73 Å². The Bertz CT molecular complexity index is 553. The molecule has 0 aliphatic rings. The van der Waals surface area contributed by atoms with Crippen LogP contribution in [0.25, 0.3) is 11.0 Å². The van der Waals surface area contributed by atoms with Gasteiger partial charge in [0, 0.05) is 13.1 Å². The van der Waals surface area contributed by atoms with Crippen molar-refractivity contribution >= 4 is 22.8 Å². The van der Waals surface area contributed by atoms with Crippen LogP contribution in [0, 0.1) is 5.41 Å². The molecule has 6 heteroatoms. The van der Waals surface area contributed by atoms with Gasteiger partial charge in [0.2, 0.25) is 5.95 Å². The quantitative estimate of drug-likeness (QED) is 0.846. The first-order valence-electron chi connectivity index (χ1n) is 6.00. The van der Waals surface area contributed by atoms with Gasteiger partial charge < -0.3 is 10.6 Å². The first kappa shape index (κ1) is 12.6. The van der Waals surface area contributed by atoms with Crippen molar-refractivity contribution in [2.24, 2.45) is 5.41 Å². The van der Waals surface area contributed by atoms with Crippen LogP contribution in [-0.2, 0) is 0 Å². The number of hydrogen-bond donors (Lipinski definition) is 2. The van der Waals surface area contributed by atoms with Crippen molar-refractivity contribution in [1.82, 2.24) is 20.2 Å². The SMILES string of the molecule is CC(N(C)c1nc(N)nc2[nH]ncc12)C(C)(C)C. The number of nitrogens with zero attached hydrogens (tertiary/aromatic N) is 4. The summed E-state index contributed by atoms with van der Waals surface area (Å²) in [6, 6.07) is 0.310. The lowest BCUT2D eigenvalue weighted by Crippen LogP contribution is -2.40. The van der Waals surface area contributed by atoms with Crippen LogP contribution in [-0.4, -0.2) is 33.3 Å². The van der Waals surface area contributed by atoms with Crippen molar-refractivity contribution in [1.29, 1.82) is 0 Å². The van der Waals surface area contributed by atoms with E-state index in [1.165, 1.54) is 0 Å².